The number of aromatic nitrogens is 6. The van der Waals surface area contributed by atoms with E-state index in [0.717, 1.165) is 15.7 Å². The lowest BCUT2D eigenvalue weighted by Crippen LogP contribution is -2.34. The van der Waals surface area contributed by atoms with Gasteiger partial charge in [-0.15, -0.1) is 12.4 Å². The SMILES string of the molecule is COC(=O)c1ccc(-c2nc(C3CCC(=O)NC3)cnc2N)cc1F.Cl.N[C@H](CO)c1cc(F)cc(I)c1.Nc1ncc(C2CCC(=O)NC2)nc1-c1ccc(C(=O)N[C@H](CO)c2cc(F)cc(I)c2)c(F)c1.Nc1ncc(C2CCC(=O)NC2)nc1-c1ccc(C(=O)N[C@H](CO)c2cc(F)cc(I)c2)c(F)c1.[2H]CF. The van der Waals surface area contributed by atoms with Crippen molar-refractivity contribution in [2.24, 2.45) is 5.73 Å². The molecule has 3 aliphatic heterocycles. The fourth-order valence-corrected chi connectivity index (χ4v) is 13.4. The Labute approximate surface area is 674 Å². The minimum absolute atomic E-state index is 0. The van der Waals surface area contributed by atoms with Crippen molar-refractivity contribution >= 4 is 133 Å². The van der Waals surface area contributed by atoms with E-state index >= 15 is 0 Å². The van der Waals surface area contributed by atoms with Crippen molar-refractivity contribution in [3.63, 3.8) is 0 Å². The second kappa shape index (κ2) is 41.6. The van der Waals surface area contributed by atoms with E-state index in [4.69, 9.17) is 29.4 Å². The Morgan fingerprint density at radius 2 is 0.827 bits per heavy atom. The number of aliphatic hydroxyl groups is 3. The Kier molecular flexibility index (Phi) is 32.6. The van der Waals surface area contributed by atoms with Crippen LogP contribution in [0.5, 0.6) is 0 Å². The van der Waals surface area contributed by atoms with Gasteiger partial charge in [0.15, 0.2) is 0 Å². The quantitative estimate of drug-likeness (QED) is 0.0229. The van der Waals surface area contributed by atoms with Gasteiger partial charge < -0.3 is 69.6 Å². The summed E-state index contributed by atoms with van der Waals surface area (Å²) in [4.78, 5) is 97.2. The number of anilines is 3. The molecular weight excluding hydrogens is 1810 g/mol. The standard InChI is InChI=1S/2C24H22F2IN5O3.C17H17FN4O3.C8H9FINO.CH3F.ClH/c2*25-15-5-14(6-16(27)8-15)20(11-33)32-24(35)17-3-1-12(7-18(17)26)22-23(28)30-10-19(31-22)13-2-4-21(34)29-9-13;1-25-17(24)11-4-2-9(6-12(11)18)15-16(19)21-8-13(22-15)10-3-5-14(23)20-7-10;9-6-1-5(8(11)4-12)2-7(10)3-6;1-2;/h2*1,3,5-8,10,13,20,33H,2,4,9,11H2,(H2,28,30)(H,29,34)(H,32,35);2,4,6,8,10H,3,5,7H2,1H3,(H2,19,21)(H,20,23);1-3,8,12H,4,11H2;1H3;1H/t2*13?,20-;;8-;;/m11.1../s1/i;;;;1D;. The smallest absolute Gasteiger partial charge is 0.340 e. The van der Waals surface area contributed by atoms with Crippen LogP contribution in [0.25, 0.3) is 33.8 Å². The molecule has 110 heavy (non-hydrogen) atoms. The topological polar surface area (TPSA) is 414 Å². The average molecular weight is 1880 g/mol. The van der Waals surface area contributed by atoms with Crippen molar-refractivity contribution in [3.05, 3.63) is 224 Å². The van der Waals surface area contributed by atoms with Crippen molar-refractivity contribution in [1.82, 2.24) is 56.5 Å². The van der Waals surface area contributed by atoms with E-state index in [-0.39, 0.29) is 106 Å². The Bertz CT molecular complexity index is 4560. The first-order chi connectivity index (χ1) is 52.5. The number of carbonyl (C=O) groups is 6. The van der Waals surface area contributed by atoms with E-state index in [1.54, 1.807) is 42.9 Å². The van der Waals surface area contributed by atoms with E-state index < -0.39 is 85.4 Å². The van der Waals surface area contributed by atoms with Gasteiger partial charge in [-0.25, -0.2) is 61.0 Å². The third-order valence-electron chi connectivity index (χ3n) is 17.2. The lowest BCUT2D eigenvalue weighted by atomic mass is 9.96. The molecule has 0 bridgehead atoms. The molecule has 12 rings (SSSR count). The van der Waals surface area contributed by atoms with E-state index in [1.807, 2.05) is 67.8 Å². The van der Waals surface area contributed by atoms with Gasteiger partial charge in [0.2, 0.25) is 17.7 Å². The number of nitrogens with one attached hydrogen (secondary N) is 5. The zero-order valence-electron chi connectivity index (χ0n) is 59.2. The van der Waals surface area contributed by atoms with Crippen molar-refractivity contribution in [2.45, 2.75) is 74.4 Å². The molecule has 9 aromatic rings. The van der Waals surface area contributed by atoms with Gasteiger partial charge in [-0.3, -0.25) is 28.4 Å². The van der Waals surface area contributed by atoms with Crippen LogP contribution in [-0.4, -0.2) is 134 Å². The fraction of sp³-hybridized carbons (Fsp3) is 0.270. The highest BCUT2D eigenvalue weighted by Gasteiger charge is 2.28. The molecule has 3 aliphatic rings. The summed E-state index contributed by atoms with van der Waals surface area (Å²) >= 11 is 5.86. The number of methoxy groups -OCH3 is 1. The Balaban J connectivity index is 0.000000213. The lowest BCUT2D eigenvalue weighted by molar-refractivity contribution is -0.123. The number of carbonyl (C=O) groups excluding carboxylic acids is 6. The molecule has 0 radical (unpaired) electrons. The molecule has 0 spiro atoms. The van der Waals surface area contributed by atoms with Crippen LogP contribution in [0.15, 0.2) is 128 Å². The number of nitrogens with zero attached hydrogens (tertiary/aromatic N) is 6. The summed E-state index contributed by atoms with van der Waals surface area (Å²) in [7, 11) is 0.186. The third-order valence-corrected chi connectivity index (χ3v) is 19.1. The Morgan fingerprint density at radius 1 is 0.518 bits per heavy atom. The predicted molar refractivity (Wildman–Crippen MR) is 422 cm³/mol. The highest BCUT2D eigenvalue weighted by Crippen LogP contribution is 2.34. The summed E-state index contributed by atoms with van der Waals surface area (Å²) in [6.45, 7) is 0.185. The number of hydrogen-bond donors (Lipinski definition) is 12. The van der Waals surface area contributed by atoms with E-state index in [9.17, 15) is 69.7 Å². The molecule has 6 atom stereocenters. The van der Waals surface area contributed by atoms with Crippen LogP contribution in [0.3, 0.4) is 0 Å². The maximum absolute atomic E-state index is 15.0. The number of halogens is 11. The highest BCUT2D eigenvalue weighted by molar-refractivity contribution is 14.1. The zero-order chi connectivity index (χ0) is 80.0. The van der Waals surface area contributed by atoms with Gasteiger partial charge in [0.25, 0.3) is 11.8 Å². The number of nitrogens with two attached hydrogens (primary N) is 4. The van der Waals surface area contributed by atoms with Gasteiger partial charge in [-0.2, -0.15) is 0 Å². The average Bonchev–Trinajstić information content (AvgIpc) is 0.807. The molecule has 3 saturated heterocycles. The molecule has 582 valence electrons. The number of amides is 5. The molecule has 3 unspecified atom stereocenters. The van der Waals surface area contributed by atoms with Gasteiger partial charge in [0, 0.05) is 84.1 Å². The normalized spacial score (nSPS) is 15.9. The van der Waals surface area contributed by atoms with Crippen LogP contribution < -0.4 is 49.5 Å². The number of alkyl halides is 1. The number of ether oxygens (including phenoxy) is 1. The molecule has 3 aromatic heterocycles. The highest BCUT2D eigenvalue weighted by atomic mass is 127. The summed E-state index contributed by atoms with van der Waals surface area (Å²) < 4.78 is 106. The number of aliphatic hydroxyl groups excluding tert-OH is 3. The number of piperidine rings is 3. The van der Waals surface area contributed by atoms with Crippen molar-refractivity contribution in [3.8, 4) is 33.8 Å². The predicted octanol–water partition coefficient (Wildman–Crippen LogP) is 10.2. The van der Waals surface area contributed by atoms with E-state index in [0.29, 0.717) is 121 Å². The van der Waals surface area contributed by atoms with Crippen LogP contribution in [0.2, 0.25) is 0 Å². The molecule has 0 saturated carbocycles. The molecular formula is C74H74ClF7I3N15O10. The number of hydrogen-bond acceptors (Lipinski definition) is 20. The van der Waals surface area contributed by atoms with Gasteiger partial charge in [-0.1, -0.05) is 18.2 Å². The third kappa shape index (κ3) is 23.8. The second-order valence-corrected chi connectivity index (χ2v) is 28.3. The molecule has 6 heterocycles. The number of rotatable bonds is 17. The largest absolute Gasteiger partial charge is 0.465 e. The first-order valence-electron chi connectivity index (χ1n) is 33.8. The van der Waals surface area contributed by atoms with Crippen molar-refractivity contribution in [2.75, 3.05) is 70.9 Å². The first-order valence-corrected chi connectivity index (χ1v) is 36.4. The van der Waals surface area contributed by atoms with Crippen LogP contribution in [0, 0.1) is 45.6 Å². The second-order valence-electron chi connectivity index (χ2n) is 24.6. The summed E-state index contributed by atoms with van der Waals surface area (Å²) in [5.41, 5.74) is 28.0. The van der Waals surface area contributed by atoms with Crippen LogP contribution in [0.4, 0.5) is 48.2 Å². The van der Waals surface area contributed by atoms with Gasteiger partial charge in [0.1, 0.15) is 69.4 Å². The minimum atomic E-state index is -1.00. The van der Waals surface area contributed by atoms with Crippen LogP contribution in [0.1, 0.15) is 141 Å². The molecule has 6 aromatic carbocycles. The summed E-state index contributed by atoms with van der Waals surface area (Å²) in [5, 5.41) is 41.6. The molecule has 16 N–H and O–H groups in total. The first kappa shape index (κ1) is 86.2. The Morgan fingerprint density at radius 3 is 1.10 bits per heavy atom. The van der Waals surface area contributed by atoms with Crippen molar-refractivity contribution < 1.29 is 80.9 Å². The monoisotopic (exact) mass is 1880 g/mol. The van der Waals surface area contributed by atoms with Crippen molar-refractivity contribution in [1.29, 1.82) is 0 Å². The number of benzene rings is 6. The van der Waals surface area contributed by atoms with Gasteiger partial charge >= 0.3 is 5.97 Å². The van der Waals surface area contributed by atoms with Gasteiger partial charge in [0.05, 0.1) is 106 Å². The lowest BCUT2D eigenvalue weighted by Gasteiger charge is -2.22. The minimum Gasteiger partial charge on any atom is -0.465 e. The molecule has 0 aliphatic carbocycles. The van der Waals surface area contributed by atoms with Crippen LogP contribution >= 0.6 is 80.2 Å². The molecule has 5 amide bonds. The van der Waals surface area contributed by atoms with Gasteiger partial charge in [-0.05, 0) is 195 Å². The molecule has 36 heteroatoms. The number of esters is 1. The maximum atomic E-state index is 15.0. The van der Waals surface area contributed by atoms with E-state index in [1.165, 1.54) is 79.9 Å². The van der Waals surface area contributed by atoms with Crippen LogP contribution in [-0.2, 0) is 19.1 Å². The van der Waals surface area contributed by atoms with E-state index in [2.05, 4.69) is 61.2 Å². The molecule has 25 nitrogen and oxygen atoms in total. The summed E-state index contributed by atoms with van der Waals surface area (Å²) in [5.74, 6) is -5.66. The molecule has 3 fully saturated rings. The maximum Gasteiger partial charge on any atom is 0.340 e. The number of nitrogen functional groups attached to an aromatic ring is 3. The zero-order valence-corrected chi connectivity index (χ0v) is 65.4. The summed E-state index contributed by atoms with van der Waals surface area (Å²) in [6.07, 6.45) is 7.75. The summed E-state index contributed by atoms with van der Waals surface area (Å²) in [6, 6.07) is 22.4. The fourth-order valence-electron chi connectivity index (χ4n) is 11.4. The Hall–Kier alpha value is -9.39.